The standard InChI is InChI=1S/C14H18ClN5O2/c1-14(2,3)22-13(21)20(5)9-6-10(15)11(16-7-9)12-17-8-19(4)18-12/h6-8H,1-5H3. The lowest BCUT2D eigenvalue weighted by Gasteiger charge is -2.24. The molecule has 0 aromatic carbocycles. The third kappa shape index (κ3) is 3.73. The first-order valence-corrected chi connectivity index (χ1v) is 7.03. The normalized spacial score (nSPS) is 11.4. The van der Waals surface area contributed by atoms with Crippen molar-refractivity contribution in [2.45, 2.75) is 26.4 Å². The number of hydrogen-bond donors (Lipinski definition) is 0. The van der Waals surface area contributed by atoms with Gasteiger partial charge in [0.15, 0.2) is 0 Å². The van der Waals surface area contributed by atoms with Gasteiger partial charge in [0.2, 0.25) is 5.82 Å². The van der Waals surface area contributed by atoms with Gasteiger partial charge in [-0.2, -0.15) is 0 Å². The Labute approximate surface area is 133 Å². The summed E-state index contributed by atoms with van der Waals surface area (Å²) in [5.74, 6) is 0.430. The van der Waals surface area contributed by atoms with Crippen LogP contribution in [0.5, 0.6) is 0 Å². The molecule has 0 saturated heterocycles. The van der Waals surface area contributed by atoms with E-state index < -0.39 is 11.7 Å². The minimum absolute atomic E-state index is 0.360. The number of ether oxygens (including phenoxy) is 1. The second kappa shape index (κ2) is 5.92. The number of pyridine rings is 1. The summed E-state index contributed by atoms with van der Waals surface area (Å²) in [6, 6.07) is 1.63. The largest absolute Gasteiger partial charge is 0.443 e. The molecule has 0 N–H and O–H groups in total. The second-order valence-corrected chi connectivity index (χ2v) is 6.21. The Hall–Kier alpha value is -2.15. The van der Waals surface area contributed by atoms with E-state index in [0.717, 1.165) is 0 Å². The van der Waals surface area contributed by atoms with Gasteiger partial charge >= 0.3 is 6.09 Å². The summed E-state index contributed by atoms with van der Waals surface area (Å²) in [5, 5.41) is 4.51. The summed E-state index contributed by atoms with van der Waals surface area (Å²) in [7, 11) is 3.36. The first-order chi connectivity index (χ1) is 10.2. The summed E-state index contributed by atoms with van der Waals surface area (Å²) >= 11 is 6.22. The van der Waals surface area contributed by atoms with Gasteiger partial charge in [-0.25, -0.2) is 14.8 Å². The van der Waals surface area contributed by atoms with Crippen LogP contribution < -0.4 is 4.90 Å². The minimum atomic E-state index is -0.569. The fourth-order valence-electron chi connectivity index (χ4n) is 1.66. The Kier molecular flexibility index (Phi) is 4.37. The molecule has 8 heteroatoms. The van der Waals surface area contributed by atoms with E-state index in [1.807, 2.05) is 0 Å². The van der Waals surface area contributed by atoms with Gasteiger partial charge in [-0.3, -0.25) is 9.58 Å². The first kappa shape index (κ1) is 16.2. The van der Waals surface area contributed by atoms with Gasteiger partial charge in [-0.15, -0.1) is 5.10 Å². The molecule has 2 rings (SSSR count). The van der Waals surface area contributed by atoms with E-state index in [4.69, 9.17) is 16.3 Å². The number of carbonyl (C=O) groups excluding carboxylic acids is 1. The van der Waals surface area contributed by atoms with Crippen LogP contribution in [0.1, 0.15) is 20.8 Å². The SMILES string of the molecule is CN(C(=O)OC(C)(C)C)c1cnc(-c2ncn(C)n2)c(Cl)c1. The highest BCUT2D eigenvalue weighted by molar-refractivity contribution is 6.33. The molecular formula is C14H18ClN5O2. The summed E-state index contributed by atoms with van der Waals surface area (Å²) in [6.45, 7) is 5.42. The Morgan fingerprint density at radius 1 is 1.36 bits per heavy atom. The van der Waals surface area contributed by atoms with Crippen LogP contribution in [0.3, 0.4) is 0 Å². The molecule has 0 radical (unpaired) electrons. The number of aryl methyl sites for hydroxylation is 1. The van der Waals surface area contributed by atoms with E-state index in [1.165, 1.54) is 11.1 Å². The van der Waals surface area contributed by atoms with Gasteiger partial charge in [-0.05, 0) is 26.8 Å². The third-order valence-electron chi connectivity index (χ3n) is 2.69. The topological polar surface area (TPSA) is 73.1 Å². The minimum Gasteiger partial charge on any atom is -0.443 e. The van der Waals surface area contributed by atoms with Crippen LogP contribution >= 0.6 is 11.6 Å². The average molecular weight is 324 g/mol. The number of hydrogen-bond acceptors (Lipinski definition) is 5. The highest BCUT2D eigenvalue weighted by Gasteiger charge is 2.21. The van der Waals surface area contributed by atoms with Crippen LogP contribution in [0.15, 0.2) is 18.6 Å². The van der Waals surface area contributed by atoms with Gasteiger partial charge in [0.25, 0.3) is 0 Å². The predicted octanol–water partition coefficient (Wildman–Crippen LogP) is 2.90. The summed E-state index contributed by atoms with van der Waals surface area (Å²) in [6.07, 6.45) is 2.62. The van der Waals surface area contributed by atoms with Crippen LogP contribution in [0, 0.1) is 0 Å². The Balaban J connectivity index is 2.24. The predicted molar refractivity (Wildman–Crippen MR) is 83.9 cm³/mol. The van der Waals surface area contributed by atoms with E-state index in [1.54, 1.807) is 51.9 Å². The first-order valence-electron chi connectivity index (χ1n) is 6.65. The fraction of sp³-hybridized carbons (Fsp3) is 0.429. The Morgan fingerprint density at radius 2 is 2.05 bits per heavy atom. The molecule has 0 aliphatic carbocycles. The maximum absolute atomic E-state index is 12.0. The molecule has 0 bridgehead atoms. The number of rotatable bonds is 2. The number of carbonyl (C=O) groups is 1. The number of amides is 1. The molecule has 22 heavy (non-hydrogen) atoms. The highest BCUT2D eigenvalue weighted by Crippen LogP contribution is 2.27. The van der Waals surface area contributed by atoms with E-state index in [2.05, 4.69) is 15.1 Å². The summed E-state index contributed by atoms with van der Waals surface area (Å²) in [4.78, 5) is 21.7. The van der Waals surface area contributed by atoms with Crippen molar-refractivity contribution in [2.24, 2.45) is 7.05 Å². The Morgan fingerprint density at radius 3 is 2.55 bits per heavy atom. The lowest BCUT2D eigenvalue weighted by molar-refractivity contribution is 0.0589. The number of halogens is 1. The molecule has 2 aromatic heterocycles. The summed E-state index contributed by atoms with van der Waals surface area (Å²) in [5.41, 5.74) is 0.419. The van der Waals surface area contributed by atoms with Crippen molar-refractivity contribution in [1.82, 2.24) is 19.7 Å². The van der Waals surface area contributed by atoms with Crippen molar-refractivity contribution in [3.8, 4) is 11.5 Å². The number of anilines is 1. The molecule has 2 heterocycles. The van der Waals surface area contributed by atoms with Crippen molar-refractivity contribution in [2.75, 3.05) is 11.9 Å². The maximum Gasteiger partial charge on any atom is 0.414 e. The van der Waals surface area contributed by atoms with Crippen LogP contribution in [0.2, 0.25) is 5.02 Å². The molecule has 0 unspecified atom stereocenters. The second-order valence-electron chi connectivity index (χ2n) is 5.81. The monoisotopic (exact) mass is 323 g/mol. The van der Waals surface area contributed by atoms with E-state index in [-0.39, 0.29) is 0 Å². The molecular weight excluding hydrogens is 306 g/mol. The number of aromatic nitrogens is 4. The van der Waals surface area contributed by atoms with Crippen molar-refractivity contribution in [3.05, 3.63) is 23.6 Å². The summed E-state index contributed by atoms with van der Waals surface area (Å²) < 4.78 is 6.86. The van der Waals surface area contributed by atoms with E-state index >= 15 is 0 Å². The maximum atomic E-state index is 12.0. The Bertz CT molecular complexity index is 693. The zero-order valence-corrected chi connectivity index (χ0v) is 13.9. The molecule has 0 aliphatic heterocycles. The van der Waals surface area contributed by atoms with Crippen LogP contribution in [0.4, 0.5) is 10.5 Å². The molecule has 0 fully saturated rings. The van der Waals surface area contributed by atoms with Crippen LogP contribution in [-0.2, 0) is 11.8 Å². The third-order valence-corrected chi connectivity index (χ3v) is 2.98. The molecule has 1 amide bonds. The highest BCUT2D eigenvalue weighted by atomic mass is 35.5. The zero-order valence-electron chi connectivity index (χ0n) is 13.2. The van der Waals surface area contributed by atoms with Crippen molar-refractivity contribution in [3.63, 3.8) is 0 Å². The lowest BCUT2D eigenvalue weighted by Crippen LogP contribution is -2.34. The number of nitrogens with zero attached hydrogens (tertiary/aromatic N) is 5. The van der Waals surface area contributed by atoms with Crippen molar-refractivity contribution < 1.29 is 9.53 Å². The molecule has 118 valence electrons. The van der Waals surface area contributed by atoms with Crippen molar-refractivity contribution >= 4 is 23.4 Å². The van der Waals surface area contributed by atoms with Gasteiger partial charge in [0.1, 0.15) is 17.6 Å². The van der Waals surface area contributed by atoms with Crippen LogP contribution in [-0.4, -0.2) is 38.5 Å². The average Bonchev–Trinajstić information content (AvgIpc) is 2.82. The van der Waals surface area contributed by atoms with Crippen LogP contribution in [0.25, 0.3) is 11.5 Å². The fourth-order valence-corrected chi connectivity index (χ4v) is 1.90. The van der Waals surface area contributed by atoms with Gasteiger partial charge in [0.05, 0.1) is 16.9 Å². The van der Waals surface area contributed by atoms with Gasteiger partial charge < -0.3 is 4.74 Å². The molecule has 7 nitrogen and oxygen atoms in total. The molecule has 0 atom stereocenters. The quantitative estimate of drug-likeness (QED) is 0.849. The lowest BCUT2D eigenvalue weighted by atomic mass is 10.2. The van der Waals surface area contributed by atoms with E-state index in [0.29, 0.717) is 22.2 Å². The van der Waals surface area contributed by atoms with Crippen molar-refractivity contribution in [1.29, 1.82) is 0 Å². The van der Waals surface area contributed by atoms with E-state index in [9.17, 15) is 4.79 Å². The molecule has 0 aliphatic rings. The smallest absolute Gasteiger partial charge is 0.414 e. The molecule has 0 saturated carbocycles. The molecule has 0 spiro atoms. The van der Waals surface area contributed by atoms with Gasteiger partial charge in [-0.1, -0.05) is 11.6 Å². The molecule has 2 aromatic rings. The van der Waals surface area contributed by atoms with Gasteiger partial charge in [0, 0.05) is 14.1 Å². The zero-order chi connectivity index (χ0) is 16.5.